The molecule has 0 saturated carbocycles. The van der Waals surface area contributed by atoms with Gasteiger partial charge in [0.2, 0.25) is 5.91 Å². The maximum atomic E-state index is 11.5. The lowest BCUT2D eigenvalue weighted by atomic mass is 9.79. The monoisotopic (exact) mass is 251 g/mol. The van der Waals surface area contributed by atoms with Gasteiger partial charge in [-0.15, -0.1) is 0 Å². The largest absolute Gasteiger partial charge is 0.355 e. The zero-order valence-corrected chi connectivity index (χ0v) is 11.2. The molecule has 4 nitrogen and oxygen atoms in total. The average molecular weight is 251 g/mol. The van der Waals surface area contributed by atoms with Crippen LogP contribution in [-0.2, 0) is 4.79 Å². The minimum absolute atomic E-state index is 0.260. The van der Waals surface area contributed by atoms with Crippen LogP contribution in [0.2, 0.25) is 0 Å². The zero-order chi connectivity index (χ0) is 12.4. The smallest absolute Gasteiger partial charge is 0.220 e. The highest BCUT2D eigenvalue weighted by molar-refractivity contribution is 5.79. The van der Waals surface area contributed by atoms with E-state index in [0.29, 0.717) is 0 Å². The van der Waals surface area contributed by atoms with Crippen LogP contribution in [0.4, 0.5) is 0 Å². The third-order valence-corrected chi connectivity index (χ3v) is 4.85. The Labute approximate surface area is 109 Å². The zero-order valence-electron chi connectivity index (χ0n) is 11.2. The number of hydrogen-bond donors (Lipinski definition) is 2. The SMILES string of the molecule is O=C1CC2(CCCN(CC3CCCNC3)C2)CN1. The molecule has 1 amide bonds. The first-order valence-corrected chi connectivity index (χ1v) is 7.46. The van der Waals surface area contributed by atoms with E-state index in [4.69, 9.17) is 0 Å². The van der Waals surface area contributed by atoms with Gasteiger partial charge >= 0.3 is 0 Å². The molecule has 18 heavy (non-hydrogen) atoms. The molecule has 4 heteroatoms. The quantitative estimate of drug-likeness (QED) is 0.755. The first-order valence-electron chi connectivity index (χ1n) is 7.46. The lowest BCUT2D eigenvalue weighted by Crippen LogP contribution is -2.47. The van der Waals surface area contributed by atoms with Gasteiger partial charge in [-0.2, -0.15) is 0 Å². The highest BCUT2D eigenvalue weighted by Gasteiger charge is 2.41. The normalized spacial score (nSPS) is 38.0. The maximum Gasteiger partial charge on any atom is 0.220 e. The Bertz CT molecular complexity index is 314. The lowest BCUT2D eigenvalue weighted by Gasteiger charge is -2.41. The van der Waals surface area contributed by atoms with E-state index in [9.17, 15) is 4.79 Å². The predicted molar refractivity (Wildman–Crippen MR) is 71.3 cm³/mol. The minimum Gasteiger partial charge on any atom is -0.355 e. The number of carbonyl (C=O) groups is 1. The summed E-state index contributed by atoms with van der Waals surface area (Å²) in [4.78, 5) is 14.1. The van der Waals surface area contributed by atoms with Gasteiger partial charge in [0.1, 0.15) is 0 Å². The van der Waals surface area contributed by atoms with Gasteiger partial charge in [0.05, 0.1) is 0 Å². The third kappa shape index (κ3) is 2.69. The molecule has 102 valence electrons. The highest BCUT2D eigenvalue weighted by atomic mass is 16.1. The second-order valence-corrected chi connectivity index (χ2v) is 6.50. The number of carbonyl (C=O) groups excluding carboxylic acids is 1. The molecule has 3 rings (SSSR count). The summed E-state index contributed by atoms with van der Waals surface area (Å²) < 4.78 is 0. The van der Waals surface area contributed by atoms with Crippen molar-refractivity contribution >= 4 is 5.91 Å². The molecule has 2 atom stereocenters. The molecule has 3 aliphatic heterocycles. The number of piperidine rings is 2. The summed E-state index contributed by atoms with van der Waals surface area (Å²) in [5, 5.41) is 6.53. The van der Waals surface area contributed by atoms with Crippen LogP contribution in [0, 0.1) is 11.3 Å². The second-order valence-electron chi connectivity index (χ2n) is 6.50. The van der Waals surface area contributed by atoms with Crippen LogP contribution < -0.4 is 10.6 Å². The molecule has 3 heterocycles. The molecule has 2 N–H and O–H groups in total. The van der Waals surface area contributed by atoms with Gasteiger partial charge in [-0.1, -0.05) is 0 Å². The molecule has 0 aromatic rings. The van der Waals surface area contributed by atoms with Gasteiger partial charge in [-0.3, -0.25) is 4.79 Å². The van der Waals surface area contributed by atoms with Crippen molar-refractivity contribution in [3.63, 3.8) is 0 Å². The number of likely N-dealkylation sites (tertiary alicyclic amines) is 1. The summed E-state index contributed by atoms with van der Waals surface area (Å²) in [5.74, 6) is 1.08. The average Bonchev–Trinajstić information content (AvgIpc) is 2.72. The molecular formula is C14H25N3O. The maximum absolute atomic E-state index is 11.5. The number of nitrogens with one attached hydrogen (secondary N) is 2. The molecular weight excluding hydrogens is 226 g/mol. The van der Waals surface area contributed by atoms with Gasteiger partial charge in [0.25, 0.3) is 0 Å². The summed E-state index contributed by atoms with van der Waals surface area (Å²) in [6, 6.07) is 0. The molecule has 0 aromatic heterocycles. The van der Waals surface area contributed by atoms with E-state index in [1.54, 1.807) is 0 Å². The fraction of sp³-hybridized carbons (Fsp3) is 0.929. The first kappa shape index (κ1) is 12.4. The van der Waals surface area contributed by atoms with E-state index in [-0.39, 0.29) is 11.3 Å². The fourth-order valence-electron chi connectivity index (χ4n) is 3.95. The summed E-state index contributed by atoms with van der Waals surface area (Å²) >= 11 is 0. The second kappa shape index (κ2) is 5.17. The standard InChI is InChI=1S/C14H25N3O/c18-13-7-14(10-16-13)4-2-6-17(11-14)9-12-3-1-5-15-8-12/h12,15H,1-11H2,(H,16,18). The van der Waals surface area contributed by atoms with Gasteiger partial charge in [-0.05, 0) is 51.2 Å². The number of hydrogen-bond acceptors (Lipinski definition) is 3. The molecule has 3 fully saturated rings. The molecule has 3 saturated heterocycles. The van der Waals surface area contributed by atoms with E-state index >= 15 is 0 Å². The van der Waals surface area contributed by atoms with Crippen LogP contribution in [0.3, 0.4) is 0 Å². The fourth-order valence-corrected chi connectivity index (χ4v) is 3.95. The van der Waals surface area contributed by atoms with E-state index in [1.165, 1.54) is 51.9 Å². The number of rotatable bonds is 2. The van der Waals surface area contributed by atoms with Crippen LogP contribution in [0.1, 0.15) is 32.1 Å². The van der Waals surface area contributed by atoms with Gasteiger partial charge in [0.15, 0.2) is 0 Å². The Kier molecular flexibility index (Phi) is 3.57. The third-order valence-electron chi connectivity index (χ3n) is 4.85. The summed E-state index contributed by atoms with van der Waals surface area (Å²) in [6.07, 6.45) is 5.93. The van der Waals surface area contributed by atoms with E-state index in [2.05, 4.69) is 15.5 Å². The Balaban J connectivity index is 1.55. The first-order chi connectivity index (χ1) is 8.76. The minimum atomic E-state index is 0.260. The van der Waals surface area contributed by atoms with Crippen LogP contribution >= 0.6 is 0 Å². The summed E-state index contributed by atoms with van der Waals surface area (Å²) in [6.45, 7) is 6.86. The van der Waals surface area contributed by atoms with E-state index < -0.39 is 0 Å². The van der Waals surface area contributed by atoms with Crippen molar-refractivity contribution in [3.8, 4) is 0 Å². The Morgan fingerprint density at radius 2 is 2.33 bits per heavy atom. The van der Waals surface area contributed by atoms with Crippen molar-refractivity contribution in [2.24, 2.45) is 11.3 Å². The van der Waals surface area contributed by atoms with Crippen molar-refractivity contribution in [2.75, 3.05) is 39.3 Å². The van der Waals surface area contributed by atoms with Crippen molar-refractivity contribution in [3.05, 3.63) is 0 Å². The predicted octanol–water partition coefficient (Wildman–Crippen LogP) is 0.588. The van der Waals surface area contributed by atoms with Gasteiger partial charge in [0, 0.05) is 31.5 Å². The molecule has 2 unspecified atom stereocenters. The van der Waals surface area contributed by atoms with E-state index in [0.717, 1.165) is 25.4 Å². The lowest BCUT2D eigenvalue weighted by molar-refractivity contribution is -0.119. The van der Waals surface area contributed by atoms with Crippen molar-refractivity contribution in [2.45, 2.75) is 32.1 Å². The Morgan fingerprint density at radius 3 is 3.06 bits per heavy atom. The topological polar surface area (TPSA) is 44.4 Å². The molecule has 0 radical (unpaired) electrons. The van der Waals surface area contributed by atoms with Gasteiger partial charge < -0.3 is 15.5 Å². The number of amides is 1. The summed E-state index contributed by atoms with van der Waals surface area (Å²) in [5.41, 5.74) is 0.261. The van der Waals surface area contributed by atoms with Crippen molar-refractivity contribution in [1.82, 2.24) is 15.5 Å². The summed E-state index contributed by atoms with van der Waals surface area (Å²) in [7, 11) is 0. The van der Waals surface area contributed by atoms with Crippen molar-refractivity contribution < 1.29 is 4.79 Å². The van der Waals surface area contributed by atoms with Crippen LogP contribution in [0.25, 0.3) is 0 Å². The molecule has 0 aliphatic carbocycles. The highest BCUT2D eigenvalue weighted by Crippen LogP contribution is 2.36. The van der Waals surface area contributed by atoms with Gasteiger partial charge in [-0.25, -0.2) is 0 Å². The van der Waals surface area contributed by atoms with E-state index in [1.807, 2.05) is 0 Å². The number of nitrogens with zero attached hydrogens (tertiary/aromatic N) is 1. The van der Waals surface area contributed by atoms with Crippen LogP contribution in [-0.4, -0.2) is 50.1 Å². The van der Waals surface area contributed by atoms with Crippen molar-refractivity contribution in [1.29, 1.82) is 0 Å². The van der Waals surface area contributed by atoms with Crippen LogP contribution in [0.15, 0.2) is 0 Å². The Morgan fingerprint density at radius 1 is 1.39 bits per heavy atom. The molecule has 0 bridgehead atoms. The Hall–Kier alpha value is -0.610. The molecule has 1 spiro atoms. The van der Waals surface area contributed by atoms with Crippen LogP contribution in [0.5, 0.6) is 0 Å². The molecule has 3 aliphatic rings. The molecule has 0 aromatic carbocycles.